The highest BCUT2D eigenvalue weighted by Crippen LogP contribution is 2.28. The Morgan fingerprint density at radius 2 is 1.79 bits per heavy atom. The summed E-state index contributed by atoms with van der Waals surface area (Å²) in [5.41, 5.74) is 8.13. The Balaban J connectivity index is 1.89. The number of halogens is 2. The van der Waals surface area contributed by atoms with Gasteiger partial charge in [-0.25, -0.2) is 4.98 Å². The largest absolute Gasteiger partial charge is 0.399 e. The van der Waals surface area contributed by atoms with E-state index in [-0.39, 0.29) is 0 Å². The van der Waals surface area contributed by atoms with Gasteiger partial charge in [0.05, 0.1) is 15.6 Å². The average Bonchev–Trinajstić information content (AvgIpc) is 2.67. The number of hydrogen-bond acceptors (Lipinski definition) is 6. The van der Waals surface area contributed by atoms with Crippen LogP contribution in [0.25, 0.3) is 10.9 Å². The van der Waals surface area contributed by atoms with Crippen molar-refractivity contribution in [1.29, 1.82) is 0 Å². The molecule has 6 nitrogen and oxygen atoms in total. The summed E-state index contributed by atoms with van der Waals surface area (Å²) in [6, 6.07) is 10.9. The third-order valence-corrected chi connectivity index (χ3v) is 5.25. The average molecular weight is 419 g/mol. The Kier molecular flexibility index (Phi) is 6.78. The molecule has 4 N–H and O–H groups in total. The molecule has 3 rings (SSSR count). The molecule has 0 aliphatic heterocycles. The van der Waals surface area contributed by atoms with Crippen molar-refractivity contribution < 1.29 is 0 Å². The van der Waals surface area contributed by atoms with Crippen LogP contribution in [0.15, 0.2) is 36.4 Å². The predicted molar refractivity (Wildman–Crippen MR) is 120 cm³/mol. The summed E-state index contributed by atoms with van der Waals surface area (Å²) in [6.07, 6.45) is 0. The van der Waals surface area contributed by atoms with Crippen LogP contribution in [0.1, 0.15) is 13.8 Å². The summed E-state index contributed by atoms with van der Waals surface area (Å²) in [4.78, 5) is 11.6. The second-order valence-electron chi connectivity index (χ2n) is 6.38. The van der Waals surface area contributed by atoms with Gasteiger partial charge in [0.1, 0.15) is 5.82 Å². The zero-order valence-corrected chi connectivity index (χ0v) is 17.5. The van der Waals surface area contributed by atoms with Crippen LogP contribution in [0.2, 0.25) is 10.0 Å². The molecule has 0 aliphatic rings. The second kappa shape index (κ2) is 9.28. The van der Waals surface area contributed by atoms with Gasteiger partial charge in [-0.3, -0.25) is 0 Å². The van der Waals surface area contributed by atoms with Crippen molar-refractivity contribution >= 4 is 57.2 Å². The molecule has 28 heavy (non-hydrogen) atoms. The van der Waals surface area contributed by atoms with Crippen molar-refractivity contribution in [3.05, 3.63) is 46.4 Å². The first-order chi connectivity index (χ1) is 13.5. The zero-order valence-electron chi connectivity index (χ0n) is 16.0. The van der Waals surface area contributed by atoms with Gasteiger partial charge in [-0.15, -0.1) is 0 Å². The van der Waals surface area contributed by atoms with Crippen molar-refractivity contribution in [2.24, 2.45) is 0 Å². The lowest BCUT2D eigenvalue weighted by atomic mass is 10.2. The van der Waals surface area contributed by atoms with E-state index in [0.717, 1.165) is 48.6 Å². The smallest absolute Gasteiger partial charge is 0.229 e. The van der Waals surface area contributed by atoms with Gasteiger partial charge in [0.2, 0.25) is 5.95 Å². The maximum atomic E-state index is 6.11. The number of nitrogens with one attached hydrogen (secondary N) is 2. The molecule has 0 atom stereocenters. The van der Waals surface area contributed by atoms with Crippen LogP contribution < -0.4 is 16.4 Å². The lowest BCUT2D eigenvalue weighted by Crippen LogP contribution is -2.28. The first-order valence-corrected chi connectivity index (χ1v) is 10.0. The summed E-state index contributed by atoms with van der Waals surface area (Å²) >= 11 is 12.1. The normalized spacial score (nSPS) is 11.2. The van der Waals surface area contributed by atoms with Gasteiger partial charge in [0, 0.05) is 29.9 Å². The predicted octanol–water partition coefficient (Wildman–Crippen LogP) is 5.02. The number of nitrogens with zero attached hydrogens (tertiary/aromatic N) is 3. The fraction of sp³-hybridized carbons (Fsp3) is 0.300. The van der Waals surface area contributed by atoms with E-state index in [2.05, 4.69) is 39.3 Å². The maximum Gasteiger partial charge on any atom is 0.229 e. The molecule has 8 heteroatoms. The summed E-state index contributed by atoms with van der Waals surface area (Å²) in [6.45, 7) is 8.07. The summed E-state index contributed by atoms with van der Waals surface area (Å²) in [7, 11) is 0. The lowest BCUT2D eigenvalue weighted by molar-refractivity contribution is 0.316. The van der Waals surface area contributed by atoms with Crippen LogP contribution in [0.3, 0.4) is 0 Å². The lowest BCUT2D eigenvalue weighted by Gasteiger charge is -2.19. The van der Waals surface area contributed by atoms with Gasteiger partial charge in [0.15, 0.2) is 0 Å². The maximum absolute atomic E-state index is 6.11. The van der Waals surface area contributed by atoms with Crippen molar-refractivity contribution in [3.8, 4) is 0 Å². The van der Waals surface area contributed by atoms with Crippen molar-refractivity contribution in [1.82, 2.24) is 14.9 Å². The van der Waals surface area contributed by atoms with Crippen molar-refractivity contribution in [2.75, 3.05) is 42.5 Å². The van der Waals surface area contributed by atoms with Gasteiger partial charge in [-0.1, -0.05) is 37.0 Å². The van der Waals surface area contributed by atoms with Crippen LogP contribution in [0, 0.1) is 0 Å². The van der Waals surface area contributed by atoms with Gasteiger partial charge < -0.3 is 21.3 Å². The minimum Gasteiger partial charge on any atom is -0.399 e. The molecular weight excluding hydrogens is 395 g/mol. The number of anilines is 4. The minimum atomic E-state index is 0.460. The highest BCUT2D eigenvalue weighted by atomic mass is 35.5. The SMILES string of the molecule is CCN(CC)CCNc1nc(Nc2ccc(Cl)c(Cl)c2)nc2cc(N)ccc12. The quantitative estimate of drug-likeness (QED) is 0.445. The van der Waals surface area contributed by atoms with Crippen LogP contribution in [0.4, 0.5) is 23.1 Å². The van der Waals surface area contributed by atoms with Crippen LogP contribution in [-0.4, -0.2) is 41.0 Å². The van der Waals surface area contributed by atoms with Gasteiger partial charge in [-0.05, 0) is 49.5 Å². The van der Waals surface area contributed by atoms with E-state index in [9.17, 15) is 0 Å². The Morgan fingerprint density at radius 3 is 2.50 bits per heavy atom. The second-order valence-corrected chi connectivity index (χ2v) is 7.19. The van der Waals surface area contributed by atoms with E-state index in [1.165, 1.54) is 0 Å². The number of fused-ring (bicyclic) bond motifs is 1. The molecular formula is C20H24Cl2N6. The molecule has 0 amide bonds. The molecule has 0 unspecified atom stereocenters. The number of rotatable bonds is 8. The summed E-state index contributed by atoms with van der Waals surface area (Å²) < 4.78 is 0. The Bertz CT molecular complexity index is 959. The number of nitrogens with two attached hydrogens (primary N) is 1. The molecule has 0 saturated heterocycles. The van der Waals surface area contributed by atoms with E-state index in [0.29, 0.717) is 21.7 Å². The first-order valence-electron chi connectivity index (χ1n) is 9.25. The fourth-order valence-electron chi connectivity index (χ4n) is 2.91. The molecule has 0 saturated carbocycles. The third-order valence-electron chi connectivity index (χ3n) is 4.51. The molecule has 1 aromatic heterocycles. The minimum absolute atomic E-state index is 0.460. The monoisotopic (exact) mass is 418 g/mol. The van der Waals surface area contributed by atoms with Crippen LogP contribution >= 0.6 is 23.2 Å². The highest BCUT2D eigenvalue weighted by molar-refractivity contribution is 6.42. The van der Waals surface area contributed by atoms with Crippen LogP contribution in [-0.2, 0) is 0 Å². The highest BCUT2D eigenvalue weighted by Gasteiger charge is 2.10. The molecule has 2 aromatic carbocycles. The summed E-state index contributed by atoms with van der Waals surface area (Å²) in [5.74, 6) is 1.22. The van der Waals surface area contributed by atoms with E-state index in [4.69, 9.17) is 28.9 Å². The third kappa shape index (κ3) is 4.95. The molecule has 0 bridgehead atoms. The summed E-state index contributed by atoms with van der Waals surface area (Å²) in [5, 5.41) is 8.51. The van der Waals surface area contributed by atoms with E-state index in [1.54, 1.807) is 12.1 Å². The van der Waals surface area contributed by atoms with E-state index in [1.807, 2.05) is 24.3 Å². The Morgan fingerprint density at radius 1 is 1.00 bits per heavy atom. The van der Waals surface area contributed by atoms with Crippen molar-refractivity contribution in [2.45, 2.75) is 13.8 Å². The number of aromatic nitrogens is 2. The van der Waals surface area contributed by atoms with Gasteiger partial charge in [0.25, 0.3) is 0 Å². The van der Waals surface area contributed by atoms with Crippen LogP contribution in [0.5, 0.6) is 0 Å². The molecule has 1 heterocycles. The van der Waals surface area contributed by atoms with E-state index >= 15 is 0 Å². The molecule has 3 aromatic rings. The van der Waals surface area contributed by atoms with Gasteiger partial charge >= 0.3 is 0 Å². The zero-order chi connectivity index (χ0) is 20.1. The molecule has 0 radical (unpaired) electrons. The standard InChI is InChI=1S/C20H24Cl2N6/c1-3-28(4-2)10-9-24-19-15-7-5-13(23)11-18(15)26-20(27-19)25-14-6-8-16(21)17(22)12-14/h5-8,11-12H,3-4,9-10,23H2,1-2H3,(H2,24,25,26,27). The van der Waals surface area contributed by atoms with Gasteiger partial charge in [-0.2, -0.15) is 4.98 Å². The molecule has 0 fully saturated rings. The number of benzene rings is 2. The van der Waals surface area contributed by atoms with Crippen molar-refractivity contribution in [3.63, 3.8) is 0 Å². The fourth-order valence-corrected chi connectivity index (χ4v) is 3.21. The molecule has 0 spiro atoms. The Labute approximate surface area is 175 Å². The molecule has 148 valence electrons. The number of hydrogen-bond donors (Lipinski definition) is 3. The first kappa shape index (κ1) is 20.5. The Hall–Kier alpha value is -2.28. The number of likely N-dealkylation sites (N-methyl/N-ethyl adjacent to an activating group) is 1. The number of nitrogen functional groups attached to an aromatic ring is 1. The molecule has 0 aliphatic carbocycles. The topological polar surface area (TPSA) is 79.1 Å². The van der Waals surface area contributed by atoms with E-state index < -0.39 is 0 Å².